The van der Waals surface area contributed by atoms with Crippen molar-refractivity contribution in [1.29, 1.82) is 0 Å². The minimum Gasteiger partial charge on any atom is -0.303 e. The van der Waals surface area contributed by atoms with Crippen LogP contribution in [0, 0.1) is 6.92 Å². The molecule has 0 bridgehead atoms. The van der Waals surface area contributed by atoms with E-state index in [1.807, 2.05) is 47.9 Å². The van der Waals surface area contributed by atoms with Crippen molar-refractivity contribution in [2.75, 3.05) is 0 Å². The summed E-state index contributed by atoms with van der Waals surface area (Å²) in [4.78, 5) is 4.04. The smallest absolute Gasteiger partial charge is 0.0676 e. The molecule has 0 aliphatic heterocycles. The minimum absolute atomic E-state index is 0.153. The fourth-order valence-electron chi connectivity index (χ4n) is 2.46. The summed E-state index contributed by atoms with van der Waals surface area (Å²) in [5, 5.41) is 12.4. The first kappa shape index (κ1) is 15.4. The first-order valence-electron chi connectivity index (χ1n) is 7.65. The van der Waals surface area contributed by atoms with Crippen LogP contribution in [-0.2, 0) is 19.1 Å². The summed E-state index contributed by atoms with van der Waals surface area (Å²) in [6.45, 7) is 7.10. The molecule has 0 aromatic carbocycles. The molecule has 0 aliphatic rings. The van der Waals surface area contributed by atoms with Crippen LogP contribution >= 0.6 is 0 Å². The number of nitrogens with one attached hydrogen (secondary N) is 1. The van der Waals surface area contributed by atoms with Gasteiger partial charge in [0.2, 0.25) is 0 Å². The molecule has 0 fully saturated rings. The zero-order valence-corrected chi connectivity index (χ0v) is 14.0. The highest BCUT2D eigenvalue weighted by molar-refractivity contribution is 5.30. The molecule has 0 aliphatic carbocycles. The molecule has 1 N–H and O–H groups in total. The summed E-state index contributed by atoms with van der Waals surface area (Å²) < 4.78 is 3.72. The quantitative estimate of drug-likeness (QED) is 0.786. The van der Waals surface area contributed by atoms with Gasteiger partial charge in [0.1, 0.15) is 0 Å². The summed E-state index contributed by atoms with van der Waals surface area (Å²) in [5.74, 6) is 0. The summed E-state index contributed by atoms with van der Waals surface area (Å²) in [5.41, 5.74) is 4.23. The number of hydrogen-bond donors (Lipinski definition) is 1. The van der Waals surface area contributed by atoms with E-state index in [1.165, 1.54) is 11.1 Å². The second-order valence-corrected chi connectivity index (χ2v) is 6.27. The van der Waals surface area contributed by atoms with Gasteiger partial charge in [-0.05, 0) is 32.9 Å². The van der Waals surface area contributed by atoms with Gasteiger partial charge >= 0.3 is 0 Å². The average molecular weight is 310 g/mol. The highest BCUT2D eigenvalue weighted by Crippen LogP contribution is 2.20. The normalized spacial score (nSPS) is 11.8. The van der Waals surface area contributed by atoms with Crippen molar-refractivity contribution in [3.05, 3.63) is 59.9 Å². The lowest BCUT2D eigenvalue weighted by atomic mass is 9.97. The van der Waals surface area contributed by atoms with Crippen LogP contribution in [0.5, 0.6) is 0 Å². The van der Waals surface area contributed by atoms with Gasteiger partial charge in [0.15, 0.2) is 0 Å². The van der Waals surface area contributed by atoms with Gasteiger partial charge in [0.05, 0.1) is 17.6 Å². The Kier molecular flexibility index (Phi) is 4.00. The molecule has 3 aromatic rings. The van der Waals surface area contributed by atoms with E-state index in [1.54, 1.807) is 12.4 Å². The predicted molar refractivity (Wildman–Crippen MR) is 89.2 cm³/mol. The van der Waals surface area contributed by atoms with Crippen LogP contribution in [0.4, 0.5) is 0 Å². The van der Waals surface area contributed by atoms with Crippen LogP contribution in [0.25, 0.3) is 5.69 Å². The molecule has 0 unspecified atom stereocenters. The summed E-state index contributed by atoms with van der Waals surface area (Å²) in [7, 11) is 1.93. The Balaban J connectivity index is 1.75. The maximum absolute atomic E-state index is 4.59. The van der Waals surface area contributed by atoms with Crippen LogP contribution in [0.2, 0.25) is 0 Å². The van der Waals surface area contributed by atoms with Crippen LogP contribution in [0.15, 0.2) is 43.1 Å². The molecular weight excluding hydrogens is 288 g/mol. The van der Waals surface area contributed by atoms with Gasteiger partial charge in [-0.15, -0.1) is 0 Å². The van der Waals surface area contributed by atoms with Crippen LogP contribution < -0.4 is 5.32 Å². The van der Waals surface area contributed by atoms with E-state index < -0.39 is 0 Å². The number of aryl methyl sites for hydroxylation is 2. The lowest BCUT2D eigenvalue weighted by Gasteiger charge is -2.25. The molecule has 3 aromatic heterocycles. The molecule has 0 saturated carbocycles. The third-order valence-corrected chi connectivity index (χ3v) is 4.08. The molecular formula is C17H22N6. The molecule has 3 heterocycles. The Morgan fingerprint density at radius 1 is 1.17 bits per heavy atom. The van der Waals surface area contributed by atoms with Gasteiger partial charge in [0.25, 0.3) is 0 Å². The van der Waals surface area contributed by atoms with Crippen molar-refractivity contribution >= 4 is 0 Å². The minimum atomic E-state index is -0.153. The third kappa shape index (κ3) is 3.32. The van der Waals surface area contributed by atoms with Gasteiger partial charge in [-0.2, -0.15) is 10.2 Å². The Labute approximate surface area is 136 Å². The van der Waals surface area contributed by atoms with Gasteiger partial charge in [-0.1, -0.05) is 0 Å². The molecule has 3 rings (SSSR count). The molecule has 0 atom stereocenters. The van der Waals surface area contributed by atoms with Crippen molar-refractivity contribution in [3.63, 3.8) is 0 Å². The van der Waals surface area contributed by atoms with Crippen LogP contribution in [0.1, 0.15) is 30.7 Å². The second-order valence-electron chi connectivity index (χ2n) is 6.27. The number of nitrogens with zero attached hydrogens (tertiary/aromatic N) is 5. The van der Waals surface area contributed by atoms with Gasteiger partial charge < -0.3 is 5.32 Å². The monoisotopic (exact) mass is 310 g/mol. The second kappa shape index (κ2) is 5.96. The maximum Gasteiger partial charge on any atom is 0.0676 e. The standard InChI is InChI=1S/C17H22N6/c1-13-14(11-23(21-13)16-5-7-18-8-6-16)9-19-17(2,3)15-10-20-22(4)12-15/h5-8,10-12,19H,9H2,1-4H3. The maximum atomic E-state index is 4.59. The van der Waals surface area contributed by atoms with E-state index in [4.69, 9.17) is 0 Å². The Morgan fingerprint density at radius 2 is 1.91 bits per heavy atom. The SMILES string of the molecule is Cc1nn(-c2ccncc2)cc1CNC(C)(C)c1cnn(C)c1. The van der Waals surface area contributed by atoms with Crippen LogP contribution in [0.3, 0.4) is 0 Å². The lowest BCUT2D eigenvalue weighted by molar-refractivity contribution is 0.400. The van der Waals surface area contributed by atoms with Crippen molar-refractivity contribution in [2.24, 2.45) is 7.05 Å². The van der Waals surface area contributed by atoms with Gasteiger partial charge in [-0.3, -0.25) is 9.67 Å². The number of pyridine rings is 1. The Morgan fingerprint density at radius 3 is 2.57 bits per heavy atom. The zero-order valence-electron chi connectivity index (χ0n) is 14.0. The average Bonchev–Trinajstić information content (AvgIpc) is 3.13. The fourth-order valence-corrected chi connectivity index (χ4v) is 2.46. The van der Waals surface area contributed by atoms with E-state index in [2.05, 4.69) is 40.5 Å². The van der Waals surface area contributed by atoms with Gasteiger partial charge in [-0.25, -0.2) is 4.68 Å². The van der Waals surface area contributed by atoms with E-state index in [0.29, 0.717) is 0 Å². The van der Waals surface area contributed by atoms with Crippen molar-refractivity contribution in [3.8, 4) is 5.69 Å². The number of rotatable bonds is 5. The predicted octanol–water partition coefficient (Wildman–Crippen LogP) is 2.33. The highest BCUT2D eigenvalue weighted by Gasteiger charge is 2.22. The topological polar surface area (TPSA) is 60.6 Å². The highest BCUT2D eigenvalue weighted by atomic mass is 15.3. The summed E-state index contributed by atoms with van der Waals surface area (Å²) in [6, 6.07) is 3.90. The molecule has 0 radical (unpaired) electrons. The molecule has 0 amide bonds. The molecule has 0 saturated heterocycles. The van der Waals surface area contributed by atoms with Crippen LogP contribution in [-0.4, -0.2) is 24.5 Å². The largest absolute Gasteiger partial charge is 0.303 e. The van der Waals surface area contributed by atoms with Crippen molar-refractivity contribution in [1.82, 2.24) is 29.9 Å². The summed E-state index contributed by atoms with van der Waals surface area (Å²) >= 11 is 0. The van der Waals surface area contributed by atoms with Crippen molar-refractivity contribution < 1.29 is 0 Å². The number of aromatic nitrogens is 5. The number of hydrogen-bond acceptors (Lipinski definition) is 4. The Bertz CT molecular complexity index is 785. The molecule has 6 heteroatoms. The third-order valence-electron chi connectivity index (χ3n) is 4.08. The zero-order chi connectivity index (χ0) is 16.4. The van der Waals surface area contributed by atoms with E-state index in [-0.39, 0.29) is 5.54 Å². The van der Waals surface area contributed by atoms with E-state index in [9.17, 15) is 0 Å². The molecule has 6 nitrogen and oxygen atoms in total. The van der Waals surface area contributed by atoms with Gasteiger partial charge in [0, 0.05) is 55.0 Å². The lowest BCUT2D eigenvalue weighted by Crippen LogP contribution is -2.35. The molecule has 120 valence electrons. The first-order valence-corrected chi connectivity index (χ1v) is 7.65. The first-order chi connectivity index (χ1) is 11.0. The Hall–Kier alpha value is -2.47. The molecule has 23 heavy (non-hydrogen) atoms. The summed E-state index contributed by atoms with van der Waals surface area (Å²) in [6.07, 6.45) is 9.56. The van der Waals surface area contributed by atoms with Crippen molar-refractivity contribution in [2.45, 2.75) is 32.9 Å². The van der Waals surface area contributed by atoms with E-state index in [0.717, 1.165) is 17.9 Å². The fraction of sp³-hybridized carbons (Fsp3) is 0.353. The van der Waals surface area contributed by atoms with E-state index >= 15 is 0 Å². The molecule has 0 spiro atoms.